The van der Waals surface area contributed by atoms with E-state index in [-0.39, 0.29) is 0 Å². The number of anilines is 1. The average Bonchev–Trinajstić information content (AvgIpc) is 3.42. The number of hydrogen-bond donors (Lipinski definition) is 0. The monoisotopic (exact) mass is 532 g/mol. The number of piperidine rings is 1. The van der Waals surface area contributed by atoms with Crippen LogP contribution < -0.4 is 9.64 Å². The maximum Gasteiger partial charge on any atom is 0.212 e. The van der Waals surface area contributed by atoms with Crippen LogP contribution in [0.15, 0.2) is 55.1 Å². The van der Waals surface area contributed by atoms with E-state index < -0.39 is 5.41 Å². The first-order valence-electron chi connectivity index (χ1n) is 13.6. The number of piperazine rings is 1. The zero-order chi connectivity index (χ0) is 27.9. The average molecular weight is 533 g/mol. The minimum absolute atomic E-state index is 0.406. The van der Waals surface area contributed by atoms with E-state index in [1.165, 1.54) is 12.0 Å². The lowest BCUT2D eigenvalue weighted by Gasteiger charge is -2.56. The van der Waals surface area contributed by atoms with Crippen LogP contribution in [0.1, 0.15) is 43.4 Å². The van der Waals surface area contributed by atoms with Gasteiger partial charge in [-0.05, 0) is 62.4 Å². The normalized spacial score (nSPS) is 18.7. The lowest BCUT2D eigenvalue weighted by molar-refractivity contribution is -0.00876. The fourth-order valence-electron chi connectivity index (χ4n) is 5.83. The van der Waals surface area contributed by atoms with Crippen molar-refractivity contribution in [3.8, 4) is 29.1 Å². The van der Waals surface area contributed by atoms with E-state index in [1.807, 2.05) is 38.5 Å². The zero-order valence-electron chi connectivity index (χ0n) is 23.1. The molecule has 3 aliphatic rings. The summed E-state index contributed by atoms with van der Waals surface area (Å²) in [7, 11) is 1.63. The van der Waals surface area contributed by atoms with Gasteiger partial charge < -0.3 is 9.64 Å². The van der Waals surface area contributed by atoms with Gasteiger partial charge in [-0.15, -0.1) is 0 Å². The third-order valence-electron chi connectivity index (χ3n) is 8.23. The first-order chi connectivity index (χ1) is 19.4. The Morgan fingerprint density at radius 3 is 2.50 bits per heavy atom. The molecule has 3 saturated heterocycles. The van der Waals surface area contributed by atoms with Crippen molar-refractivity contribution < 1.29 is 4.74 Å². The lowest BCUT2D eigenvalue weighted by Crippen LogP contribution is -2.68. The van der Waals surface area contributed by atoms with Crippen LogP contribution in [0.5, 0.6) is 5.88 Å². The van der Waals surface area contributed by atoms with Gasteiger partial charge in [0.15, 0.2) is 0 Å². The summed E-state index contributed by atoms with van der Waals surface area (Å²) in [6.45, 7) is 6.70. The largest absolute Gasteiger partial charge is 0.481 e. The Hall–Kier alpha value is -4.47. The molecule has 202 valence electrons. The summed E-state index contributed by atoms with van der Waals surface area (Å²) in [6.07, 6.45) is 10.1. The highest BCUT2D eigenvalue weighted by Gasteiger charge is 2.44. The van der Waals surface area contributed by atoms with Gasteiger partial charge in [-0.3, -0.25) is 4.90 Å². The number of rotatable bonds is 8. The molecule has 4 aromatic rings. The number of nitrogens with zero attached hydrogens (tertiary/aromatic N) is 8. The topological polar surface area (TPSA) is 106 Å². The standard InChI is InChI=1S/C31H32N8O/c1-31(2,20-33)9-8-21-10-27(30-24(12-32)15-36-39(30)17-21)23-5-6-28(34-14-23)37-18-25-11-26(19-37)38(25)16-22-4-7-29(40-3)35-13-22/h4-7,10,13-15,17,25-26H,8-9,11,16,18-19H2,1-3H3. The van der Waals surface area contributed by atoms with Gasteiger partial charge in [0.2, 0.25) is 5.88 Å². The first kappa shape index (κ1) is 25.8. The molecule has 0 spiro atoms. The van der Waals surface area contributed by atoms with Crippen LogP contribution in [0.25, 0.3) is 16.6 Å². The maximum absolute atomic E-state index is 9.71. The minimum Gasteiger partial charge on any atom is -0.481 e. The molecule has 2 unspecified atom stereocenters. The lowest BCUT2D eigenvalue weighted by atomic mass is 9.87. The van der Waals surface area contributed by atoms with Gasteiger partial charge in [-0.1, -0.05) is 6.07 Å². The molecule has 7 rings (SSSR count). The van der Waals surface area contributed by atoms with Gasteiger partial charge in [0.25, 0.3) is 0 Å². The summed E-state index contributed by atoms with van der Waals surface area (Å²) in [5, 5.41) is 23.6. The Labute approximate surface area is 234 Å². The van der Waals surface area contributed by atoms with Gasteiger partial charge in [0, 0.05) is 67.5 Å². The number of pyridine rings is 3. The van der Waals surface area contributed by atoms with Crippen LogP contribution in [-0.2, 0) is 13.0 Å². The molecule has 7 heterocycles. The van der Waals surface area contributed by atoms with Crippen molar-refractivity contribution in [2.45, 2.75) is 51.7 Å². The number of aromatic nitrogens is 4. The smallest absolute Gasteiger partial charge is 0.212 e. The van der Waals surface area contributed by atoms with Crippen molar-refractivity contribution in [2.75, 3.05) is 25.1 Å². The number of hydrogen-bond acceptors (Lipinski definition) is 8. The Morgan fingerprint density at radius 2 is 1.85 bits per heavy atom. The summed E-state index contributed by atoms with van der Waals surface area (Å²) < 4.78 is 6.96. The summed E-state index contributed by atoms with van der Waals surface area (Å²) in [6, 6.07) is 16.0. The fourth-order valence-corrected chi connectivity index (χ4v) is 5.83. The van der Waals surface area contributed by atoms with Crippen LogP contribution in [0.4, 0.5) is 5.82 Å². The third-order valence-corrected chi connectivity index (χ3v) is 8.23. The van der Waals surface area contributed by atoms with E-state index in [2.05, 4.69) is 56.3 Å². The molecule has 4 aromatic heterocycles. The number of ether oxygens (including phenoxy) is 1. The van der Waals surface area contributed by atoms with Gasteiger partial charge in [0.05, 0.1) is 35.9 Å². The first-order valence-corrected chi connectivity index (χ1v) is 13.6. The van der Waals surface area contributed by atoms with E-state index in [9.17, 15) is 10.5 Å². The highest BCUT2D eigenvalue weighted by Crippen LogP contribution is 2.36. The molecule has 0 saturated carbocycles. The number of methoxy groups -OCH3 is 1. The van der Waals surface area contributed by atoms with Crippen LogP contribution in [0.2, 0.25) is 0 Å². The Bertz CT molecular complexity index is 1600. The van der Waals surface area contributed by atoms with Crippen molar-refractivity contribution in [1.29, 1.82) is 10.5 Å². The molecular formula is C31H32N8O. The molecule has 9 heteroatoms. The zero-order valence-corrected chi connectivity index (χ0v) is 23.1. The van der Waals surface area contributed by atoms with E-state index in [0.717, 1.165) is 60.5 Å². The Morgan fingerprint density at radius 1 is 1.02 bits per heavy atom. The fraction of sp³-hybridized carbons (Fsp3) is 0.387. The van der Waals surface area contributed by atoms with Gasteiger partial charge >= 0.3 is 0 Å². The molecule has 2 atom stereocenters. The molecule has 40 heavy (non-hydrogen) atoms. The Kier molecular flexibility index (Phi) is 6.61. The minimum atomic E-state index is -0.406. The molecule has 3 fully saturated rings. The second kappa shape index (κ2) is 10.3. The van der Waals surface area contributed by atoms with Crippen molar-refractivity contribution in [3.05, 3.63) is 71.8 Å². The number of nitriles is 2. The summed E-state index contributed by atoms with van der Waals surface area (Å²) in [5.74, 6) is 1.61. The molecular weight excluding hydrogens is 500 g/mol. The second-order valence-corrected chi connectivity index (χ2v) is 11.5. The summed E-state index contributed by atoms with van der Waals surface area (Å²) in [4.78, 5) is 14.2. The van der Waals surface area contributed by atoms with Gasteiger partial charge in [-0.2, -0.15) is 15.6 Å². The molecule has 0 aliphatic carbocycles. The molecule has 0 amide bonds. The predicted molar refractivity (Wildman–Crippen MR) is 152 cm³/mol. The van der Waals surface area contributed by atoms with E-state index in [1.54, 1.807) is 17.8 Å². The molecule has 9 nitrogen and oxygen atoms in total. The van der Waals surface area contributed by atoms with E-state index in [0.29, 0.717) is 23.5 Å². The van der Waals surface area contributed by atoms with Crippen molar-refractivity contribution in [3.63, 3.8) is 0 Å². The maximum atomic E-state index is 9.71. The molecule has 3 aliphatic heterocycles. The summed E-state index contributed by atoms with van der Waals surface area (Å²) in [5.41, 5.74) is 5.06. The van der Waals surface area contributed by atoms with Crippen molar-refractivity contribution in [1.82, 2.24) is 24.5 Å². The Balaban J connectivity index is 1.19. The van der Waals surface area contributed by atoms with Crippen LogP contribution in [0.3, 0.4) is 0 Å². The van der Waals surface area contributed by atoms with Crippen LogP contribution >= 0.6 is 0 Å². The van der Waals surface area contributed by atoms with Crippen molar-refractivity contribution in [2.24, 2.45) is 5.41 Å². The molecule has 0 aromatic carbocycles. The SMILES string of the molecule is COc1ccc(CN2C3CC2CN(c2ccc(-c4cc(CCC(C)(C)C#N)cn5ncc(C#N)c45)cn2)C3)cn1. The van der Waals surface area contributed by atoms with Crippen LogP contribution in [0, 0.1) is 28.1 Å². The third kappa shape index (κ3) is 4.85. The number of aryl methyl sites for hydroxylation is 1. The highest BCUT2D eigenvalue weighted by atomic mass is 16.5. The molecule has 0 N–H and O–H groups in total. The van der Waals surface area contributed by atoms with Crippen molar-refractivity contribution >= 4 is 11.3 Å². The molecule has 2 bridgehead atoms. The second-order valence-electron chi connectivity index (χ2n) is 11.5. The van der Waals surface area contributed by atoms with Crippen LogP contribution in [-0.4, -0.2) is 56.8 Å². The number of fused-ring (bicyclic) bond motifs is 3. The van der Waals surface area contributed by atoms with E-state index >= 15 is 0 Å². The van der Waals surface area contributed by atoms with E-state index in [4.69, 9.17) is 9.72 Å². The quantitative estimate of drug-likeness (QED) is 0.324. The van der Waals surface area contributed by atoms with Gasteiger partial charge in [-0.25, -0.2) is 14.5 Å². The summed E-state index contributed by atoms with van der Waals surface area (Å²) >= 11 is 0. The predicted octanol–water partition coefficient (Wildman–Crippen LogP) is 4.62. The molecule has 0 radical (unpaired) electrons. The highest BCUT2D eigenvalue weighted by molar-refractivity contribution is 5.84. The van der Waals surface area contributed by atoms with Gasteiger partial charge in [0.1, 0.15) is 11.9 Å².